The maximum atomic E-state index is 12.4. The summed E-state index contributed by atoms with van der Waals surface area (Å²) in [6, 6.07) is 14.6. The van der Waals surface area contributed by atoms with Crippen molar-refractivity contribution in [2.24, 2.45) is 0 Å². The van der Waals surface area contributed by atoms with Crippen LogP contribution >= 0.6 is 0 Å². The Labute approximate surface area is 215 Å². The fraction of sp³-hybridized carbons (Fsp3) is 0.296. The first kappa shape index (κ1) is 25.8. The third-order valence-corrected chi connectivity index (χ3v) is 5.79. The zero-order chi connectivity index (χ0) is 26.5. The van der Waals surface area contributed by atoms with Crippen molar-refractivity contribution >= 4 is 23.4 Å². The molecule has 0 radical (unpaired) electrons. The van der Waals surface area contributed by atoms with Gasteiger partial charge in [0, 0.05) is 37.5 Å². The SMILES string of the molecule is Cc1cc(Nc2ncc(-c3nc(C(C)C)no3)c(N[C@H](CO)c3ccccc3)n2)ccc1C(=O)N(C)C. The Morgan fingerprint density at radius 1 is 1.11 bits per heavy atom. The Kier molecular flexibility index (Phi) is 7.78. The predicted molar refractivity (Wildman–Crippen MR) is 142 cm³/mol. The summed E-state index contributed by atoms with van der Waals surface area (Å²) >= 11 is 0. The number of aromatic nitrogens is 4. The highest BCUT2D eigenvalue weighted by Gasteiger charge is 2.21. The van der Waals surface area contributed by atoms with Gasteiger partial charge >= 0.3 is 0 Å². The molecule has 0 fully saturated rings. The molecule has 0 aliphatic heterocycles. The number of nitrogens with zero attached hydrogens (tertiary/aromatic N) is 5. The van der Waals surface area contributed by atoms with Gasteiger partial charge in [-0.25, -0.2) is 4.98 Å². The molecule has 0 bridgehead atoms. The van der Waals surface area contributed by atoms with Gasteiger partial charge in [0.1, 0.15) is 11.4 Å². The maximum Gasteiger partial charge on any atom is 0.263 e. The Morgan fingerprint density at radius 3 is 2.49 bits per heavy atom. The maximum absolute atomic E-state index is 12.4. The van der Waals surface area contributed by atoms with Gasteiger partial charge in [0.2, 0.25) is 5.95 Å². The lowest BCUT2D eigenvalue weighted by Crippen LogP contribution is -2.22. The topological polar surface area (TPSA) is 129 Å². The Hall–Kier alpha value is -4.31. The predicted octanol–water partition coefficient (Wildman–Crippen LogP) is 4.55. The third kappa shape index (κ3) is 5.92. The molecule has 0 saturated carbocycles. The second-order valence-electron chi connectivity index (χ2n) is 9.21. The third-order valence-electron chi connectivity index (χ3n) is 5.79. The van der Waals surface area contributed by atoms with Gasteiger partial charge in [-0.2, -0.15) is 9.97 Å². The summed E-state index contributed by atoms with van der Waals surface area (Å²) in [7, 11) is 3.45. The Balaban J connectivity index is 1.68. The summed E-state index contributed by atoms with van der Waals surface area (Å²) < 4.78 is 5.50. The summed E-state index contributed by atoms with van der Waals surface area (Å²) in [6.07, 6.45) is 1.60. The van der Waals surface area contributed by atoms with E-state index in [4.69, 9.17) is 4.52 Å². The number of aryl methyl sites for hydroxylation is 1. The fourth-order valence-electron chi connectivity index (χ4n) is 3.72. The molecule has 2 heterocycles. The molecule has 1 atom stereocenters. The standard InChI is InChI=1S/C27H31N7O3/c1-16(2)23-31-25(37-33-23)21-14-28-27(29-19-11-12-20(17(3)13-19)26(36)34(4)5)32-24(21)30-22(15-35)18-9-7-6-8-10-18/h6-14,16,22,35H,15H2,1-5H3,(H2,28,29,30,32)/t22-/m1/s1. The number of aliphatic hydroxyl groups excluding tert-OH is 1. The summed E-state index contributed by atoms with van der Waals surface area (Å²) in [5.41, 5.74) is 3.60. The van der Waals surface area contributed by atoms with Gasteiger partial charge in [-0.15, -0.1) is 0 Å². The van der Waals surface area contributed by atoms with Gasteiger partial charge < -0.3 is 25.2 Å². The zero-order valence-corrected chi connectivity index (χ0v) is 21.6. The minimum Gasteiger partial charge on any atom is -0.394 e. The van der Waals surface area contributed by atoms with Gasteiger partial charge in [0.25, 0.3) is 11.8 Å². The lowest BCUT2D eigenvalue weighted by Gasteiger charge is -2.19. The molecule has 3 N–H and O–H groups in total. The molecule has 0 aliphatic carbocycles. The van der Waals surface area contributed by atoms with Crippen molar-refractivity contribution in [3.8, 4) is 11.5 Å². The van der Waals surface area contributed by atoms with Gasteiger partial charge in [-0.05, 0) is 36.2 Å². The number of aliphatic hydroxyl groups is 1. The van der Waals surface area contributed by atoms with Crippen LogP contribution in [0.1, 0.15) is 53.1 Å². The highest BCUT2D eigenvalue weighted by molar-refractivity contribution is 5.95. The van der Waals surface area contributed by atoms with Crippen molar-refractivity contribution in [3.05, 3.63) is 77.2 Å². The van der Waals surface area contributed by atoms with E-state index < -0.39 is 6.04 Å². The molecule has 4 aromatic rings. The van der Waals surface area contributed by atoms with E-state index in [0.717, 1.165) is 16.8 Å². The first-order valence-electron chi connectivity index (χ1n) is 12.0. The highest BCUT2D eigenvalue weighted by Crippen LogP contribution is 2.30. The average molecular weight is 502 g/mol. The van der Waals surface area contributed by atoms with Crippen LogP contribution < -0.4 is 10.6 Å². The molecule has 192 valence electrons. The van der Waals surface area contributed by atoms with Gasteiger partial charge in [-0.3, -0.25) is 4.79 Å². The van der Waals surface area contributed by atoms with E-state index in [2.05, 4.69) is 30.7 Å². The van der Waals surface area contributed by atoms with Crippen molar-refractivity contribution in [2.45, 2.75) is 32.7 Å². The van der Waals surface area contributed by atoms with Crippen molar-refractivity contribution in [1.29, 1.82) is 0 Å². The molecule has 37 heavy (non-hydrogen) atoms. The molecule has 10 heteroatoms. The largest absolute Gasteiger partial charge is 0.394 e. The quantitative estimate of drug-likeness (QED) is 0.302. The van der Waals surface area contributed by atoms with E-state index in [0.29, 0.717) is 28.7 Å². The normalized spacial score (nSPS) is 11.9. The van der Waals surface area contributed by atoms with Crippen LogP contribution in [0.2, 0.25) is 0 Å². The summed E-state index contributed by atoms with van der Waals surface area (Å²) in [5.74, 6) is 1.64. The van der Waals surface area contributed by atoms with Crippen LogP contribution in [0.4, 0.5) is 17.5 Å². The van der Waals surface area contributed by atoms with Crippen LogP contribution in [0.5, 0.6) is 0 Å². The second-order valence-corrected chi connectivity index (χ2v) is 9.21. The summed E-state index contributed by atoms with van der Waals surface area (Å²) in [6.45, 7) is 5.69. The molecule has 4 rings (SSSR count). The molecule has 10 nitrogen and oxygen atoms in total. The lowest BCUT2D eigenvalue weighted by atomic mass is 10.1. The number of carbonyl (C=O) groups excluding carboxylic acids is 1. The summed E-state index contributed by atoms with van der Waals surface area (Å²) in [4.78, 5) is 27.6. The van der Waals surface area contributed by atoms with Crippen LogP contribution in [0.3, 0.4) is 0 Å². The minimum atomic E-state index is -0.422. The Bertz CT molecular complexity index is 1370. The van der Waals surface area contributed by atoms with Crippen LogP contribution in [-0.2, 0) is 0 Å². The smallest absolute Gasteiger partial charge is 0.263 e. The minimum absolute atomic E-state index is 0.0626. The van der Waals surface area contributed by atoms with Crippen LogP contribution in [0.25, 0.3) is 11.5 Å². The number of hydrogen-bond donors (Lipinski definition) is 3. The highest BCUT2D eigenvalue weighted by atomic mass is 16.5. The van der Waals surface area contributed by atoms with E-state index >= 15 is 0 Å². The molecule has 0 aliphatic rings. The van der Waals surface area contributed by atoms with E-state index in [-0.39, 0.29) is 24.3 Å². The first-order chi connectivity index (χ1) is 17.8. The lowest BCUT2D eigenvalue weighted by molar-refractivity contribution is 0.0827. The Morgan fingerprint density at radius 2 is 1.86 bits per heavy atom. The molecule has 2 aromatic heterocycles. The molecular weight excluding hydrogens is 470 g/mol. The van der Waals surface area contributed by atoms with E-state index in [1.807, 2.05) is 63.2 Å². The van der Waals surface area contributed by atoms with E-state index in [1.165, 1.54) is 0 Å². The number of hydrogen-bond acceptors (Lipinski definition) is 9. The monoisotopic (exact) mass is 501 g/mol. The number of anilines is 3. The molecule has 1 amide bonds. The average Bonchev–Trinajstić information content (AvgIpc) is 3.38. The van der Waals surface area contributed by atoms with Crippen molar-refractivity contribution in [3.63, 3.8) is 0 Å². The van der Waals surface area contributed by atoms with Crippen LogP contribution in [0.15, 0.2) is 59.3 Å². The number of amides is 1. The first-order valence-corrected chi connectivity index (χ1v) is 12.0. The van der Waals surface area contributed by atoms with Crippen LogP contribution in [-0.4, -0.2) is 56.7 Å². The number of rotatable bonds is 9. The fourth-order valence-corrected chi connectivity index (χ4v) is 3.72. The number of nitrogens with one attached hydrogen (secondary N) is 2. The molecule has 2 aromatic carbocycles. The molecule has 0 unspecified atom stereocenters. The van der Waals surface area contributed by atoms with E-state index in [9.17, 15) is 9.90 Å². The number of carbonyl (C=O) groups is 1. The van der Waals surface area contributed by atoms with Crippen molar-refractivity contribution < 1.29 is 14.4 Å². The van der Waals surface area contributed by atoms with Crippen molar-refractivity contribution in [2.75, 3.05) is 31.3 Å². The molecular formula is C27H31N7O3. The van der Waals surface area contributed by atoms with Gasteiger partial charge in [0.15, 0.2) is 5.82 Å². The van der Waals surface area contributed by atoms with Crippen molar-refractivity contribution in [1.82, 2.24) is 25.0 Å². The zero-order valence-electron chi connectivity index (χ0n) is 21.6. The molecule has 0 saturated heterocycles. The summed E-state index contributed by atoms with van der Waals surface area (Å²) in [5, 5.41) is 20.7. The number of benzene rings is 2. The van der Waals surface area contributed by atoms with E-state index in [1.54, 1.807) is 31.3 Å². The van der Waals surface area contributed by atoms with Gasteiger partial charge in [0.05, 0.1) is 12.6 Å². The van der Waals surface area contributed by atoms with Crippen LogP contribution in [0, 0.1) is 6.92 Å². The van der Waals surface area contributed by atoms with Gasteiger partial charge in [-0.1, -0.05) is 49.3 Å². The molecule has 0 spiro atoms. The second kappa shape index (κ2) is 11.2.